The Labute approximate surface area is 129 Å². The van der Waals surface area contributed by atoms with Crippen molar-refractivity contribution in [2.75, 3.05) is 13.2 Å². The van der Waals surface area contributed by atoms with Gasteiger partial charge in [0.05, 0.1) is 10.4 Å². The topological polar surface area (TPSA) is 79.3 Å². The maximum atomic E-state index is 12.3. The summed E-state index contributed by atoms with van der Waals surface area (Å²) in [7, 11) is -3.63. The average molecular weight is 329 g/mol. The summed E-state index contributed by atoms with van der Waals surface area (Å²) in [5, 5.41) is 10.2. The molecule has 7 heteroatoms. The molecular formula is C14H17ClN2O3S. The molecule has 2 N–H and O–H groups in total. The molecule has 1 aromatic carbocycles. The number of sulfonamides is 1. The summed E-state index contributed by atoms with van der Waals surface area (Å²) in [5.41, 5.74) is 0.121. The second-order valence-corrected chi connectivity index (χ2v) is 7.79. The van der Waals surface area contributed by atoms with Gasteiger partial charge in [-0.3, -0.25) is 0 Å². The molecule has 1 heterocycles. The molecule has 0 aliphatic heterocycles. The van der Waals surface area contributed by atoms with E-state index in [0.717, 1.165) is 0 Å². The minimum atomic E-state index is -3.63. The van der Waals surface area contributed by atoms with E-state index in [0.29, 0.717) is 16.1 Å². The third-order valence-corrected chi connectivity index (χ3v) is 4.72. The zero-order valence-corrected chi connectivity index (χ0v) is 13.4. The van der Waals surface area contributed by atoms with Crippen molar-refractivity contribution in [3.63, 3.8) is 0 Å². The molecule has 0 saturated heterocycles. The second-order valence-electron chi connectivity index (χ2n) is 5.64. The number of halogens is 1. The number of hydrogen-bond donors (Lipinski definition) is 2. The van der Waals surface area contributed by atoms with Crippen molar-refractivity contribution >= 4 is 32.5 Å². The molecule has 0 radical (unpaired) electrons. The van der Waals surface area contributed by atoms with Crippen LogP contribution in [0.1, 0.15) is 13.8 Å². The number of aliphatic hydroxyl groups excluding tert-OH is 1. The molecule has 0 bridgehead atoms. The molecule has 2 aromatic rings. The van der Waals surface area contributed by atoms with Crippen molar-refractivity contribution < 1.29 is 13.5 Å². The van der Waals surface area contributed by atoms with E-state index >= 15 is 0 Å². The molecule has 0 spiro atoms. The standard InChI is InChI=1S/C14H17ClN2O3S/c1-14(2,9-18)8-16-21(19,20)11-4-5-12-10(7-11)3-6-13(15)17-12/h3-7,16,18H,8-9H2,1-2H3. The third-order valence-electron chi connectivity index (χ3n) is 3.11. The molecule has 0 fully saturated rings. The van der Waals surface area contributed by atoms with Crippen molar-refractivity contribution in [2.24, 2.45) is 5.41 Å². The molecule has 5 nitrogen and oxygen atoms in total. The summed E-state index contributed by atoms with van der Waals surface area (Å²) in [6, 6.07) is 7.99. The van der Waals surface area contributed by atoms with Gasteiger partial charge in [0.25, 0.3) is 0 Å². The molecule has 0 amide bonds. The summed E-state index contributed by atoms with van der Waals surface area (Å²) in [6.45, 7) is 3.61. The van der Waals surface area contributed by atoms with Gasteiger partial charge >= 0.3 is 0 Å². The van der Waals surface area contributed by atoms with Crippen molar-refractivity contribution in [1.82, 2.24) is 9.71 Å². The molecule has 1 aromatic heterocycles. The first-order chi connectivity index (χ1) is 9.73. The summed E-state index contributed by atoms with van der Waals surface area (Å²) in [5.74, 6) is 0. The minimum absolute atomic E-state index is 0.102. The number of pyridine rings is 1. The van der Waals surface area contributed by atoms with Crippen LogP contribution in [0.4, 0.5) is 0 Å². The third kappa shape index (κ3) is 3.91. The van der Waals surface area contributed by atoms with Crippen LogP contribution >= 0.6 is 11.6 Å². The second kappa shape index (κ2) is 5.88. The highest BCUT2D eigenvalue weighted by Gasteiger charge is 2.21. The molecule has 21 heavy (non-hydrogen) atoms. The van der Waals surface area contributed by atoms with Crippen LogP contribution in [0.2, 0.25) is 5.15 Å². The quantitative estimate of drug-likeness (QED) is 0.825. The van der Waals surface area contributed by atoms with Gasteiger partial charge in [0.1, 0.15) is 5.15 Å². The fourth-order valence-corrected chi connectivity index (χ4v) is 3.11. The maximum Gasteiger partial charge on any atom is 0.240 e. The molecule has 114 valence electrons. The van der Waals surface area contributed by atoms with Gasteiger partial charge in [-0.25, -0.2) is 18.1 Å². The molecule has 0 saturated carbocycles. The Bertz CT molecular complexity index is 760. The van der Waals surface area contributed by atoms with Gasteiger partial charge in [-0.2, -0.15) is 0 Å². The lowest BCUT2D eigenvalue weighted by atomic mass is 9.96. The lowest BCUT2D eigenvalue weighted by Gasteiger charge is -2.21. The van der Waals surface area contributed by atoms with Crippen molar-refractivity contribution in [1.29, 1.82) is 0 Å². The van der Waals surface area contributed by atoms with Crippen LogP contribution in [-0.2, 0) is 10.0 Å². The fourth-order valence-electron chi connectivity index (χ4n) is 1.68. The van der Waals surface area contributed by atoms with E-state index in [4.69, 9.17) is 11.6 Å². The Morgan fingerprint density at radius 2 is 2.00 bits per heavy atom. The molecule has 0 aliphatic rings. The SMILES string of the molecule is CC(C)(CO)CNS(=O)(=O)c1ccc2nc(Cl)ccc2c1. The van der Waals surface area contributed by atoms with E-state index in [-0.39, 0.29) is 18.0 Å². The number of hydrogen-bond acceptors (Lipinski definition) is 4. The summed E-state index contributed by atoms with van der Waals surface area (Å²) < 4.78 is 27.0. The van der Waals surface area contributed by atoms with Crippen LogP contribution in [0.25, 0.3) is 10.9 Å². The smallest absolute Gasteiger partial charge is 0.240 e. The van der Waals surface area contributed by atoms with Gasteiger partial charge in [-0.15, -0.1) is 0 Å². The van der Waals surface area contributed by atoms with Crippen LogP contribution in [0, 0.1) is 5.41 Å². The van der Waals surface area contributed by atoms with E-state index in [9.17, 15) is 13.5 Å². The Balaban J connectivity index is 2.30. The lowest BCUT2D eigenvalue weighted by molar-refractivity contribution is 0.163. The predicted molar refractivity (Wildman–Crippen MR) is 82.8 cm³/mol. The normalized spacial score (nSPS) is 12.8. The van der Waals surface area contributed by atoms with E-state index in [1.807, 2.05) is 0 Å². The van der Waals surface area contributed by atoms with Gasteiger partial charge in [0, 0.05) is 24.0 Å². The fraction of sp³-hybridized carbons (Fsp3) is 0.357. The minimum Gasteiger partial charge on any atom is -0.396 e. The average Bonchev–Trinajstić information content (AvgIpc) is 2.45. The maximum absolute atomic E-state index is 12.3. The van der Waals surface area contributed by atoms with Crippen LogP contribution in [0.5, 0.6) is 0 Å². The number of aliphatic hydroxyl groups is 1. The van der Waals surface area contributed by atoms with Crippen molar-refractivity contribution in [2.45, 2.75) is 18.7 Å². The van der Waals surface area contributed by atoms with Gasteiger partial charge in [0.15, 0.2) is 0 Å². The Morgan fingerprint density at radius 3 is 2.67 bits per heavy atom. The van der Waals surface area contributed by atoms with Crippen LogP contribution in [-0.4, -0.2) is 31.7 Å². The van der Waals surface area contributed by atoms with Crippen LogP contribution < -0.4 is 4.72 Å². The number of benzene rings is 1. The van der Waals surface area contributed by atoms with E-state index in [1.54, 1.807) is 38.1 Å². The van der Waals surface area contributed by atoms with Gasteiger partial charge < -0.3 is 5.11 Å². The highest BCUT2D eigenvalue weighted by molar-refractivity contribution is 7.89. The molecule has 2 rings (SSSR count). The molecule has 0 atom stereocenters. The summed E-state index contributed by atoms with van der Waals surface area (Å²) in [6.07, 6.45) is 0. The molecule has 0 aliphatic carbocycles. The zero-order valence-electron chi connectivity index (χ0n) is 11.8. The molecular weight excluding hydrogens is 312 g/mol. The van der Waals surface area contributed by atoms with Gasteiger partial charge in [-0.05, 0) is 30.3 Å². The van der Waals surface area contributed by atoms with Crippen molar-refractivity contribution in [3.05, 3.63) is 35.5 Å². The summed E-state index contributed by atoms with van der Waals surface area (Å²) >= 11 is 5.80. The molecule has 0 unspecified atom stereocenters. The largest absolute Gasteiger partial charge is 0.396 e. The predicted octanol–water partition coefficient (Wildman–Crippen LogP) is 2.19. The zero-order chi connectivity index (χ0) is 15.7. The van der Waals surface area contributed by atoms with Crippen LogP contribution in [0.3, 0.4) is 0 Å². The van der Waals surface area contributed by atoms with E-state index < -0.39 is 15.4 Å². The number of rotatable bonds is 5. The van der Waals surface area contributed by atoms with Gasteiger partial charge in [-0.1, -0.05) is 25.4 Å². The summed E-state index contributed by atoms with van der Waals surface area (Å²) in [4.78, 5) is 4.27. The Morgan fingerprint density at radius 1 is 1.29 bits per heavy atom. The Hall–Kier alpha value is -1.21. The van der Waals surface area contributed by atoms with E-state index in [1.165, 1.54) is 6.07 Å². The first-order valence-corrected chi connectivity index (χ1v) is 8.26. The highest BCUT2D eigenvalue weighted by Crippen LogP contribution is 2.20. The first kappa shape index (κ1) is 16.2. The number of fused-ring (bicyclic) bond motifs is 1. The van der Waals surface area contributed by atoms with Gasteiger partial charge in [0.2, 0.25) is 10.0 Å². The lowest BCUT2D eigenvalue weighted by Crippen LogP contribution is -2.36. The number of nitrogens with zero attached hydrogens (tertiary/aromatic N) is 1. The first-order valence-electron chi connectivity index (χ1n) is 6.40. The number of aromatic nitrogens is 1. The van der Waals surface area contributed by atoms with Crippen LogP contribution in [0.15, 0.2) is 35.2 Å². The number of nitrogens with one attached hydrogen (secondary N) is 1. The highest BCUT2D eigenvalue weighted by atomic mass is 35.5. The Kier molecular flexibility index (Phi) is 4.53. The van der Waals surface area contributed by atoms with Crippen molar-refractivity contribution in [3.8, 4) is 0 Å². The monoisotopic (exact) mass is 328 g/mol. The van der Waals surface area contributed by atoms with E-state index in [2.05, 4.69) is 9.71 Å².